The van der Waals surface area contributed by atoms with E-state index in [1.807, 2.05) is 25.1 Å². The number of rotatable bonds is 2. The minimum Gasteiger partial charge on any atom is -0.772 e. The van der Waals surface area contributed by atoms with E-state index in [-0.39, 0.29) is 5.75 Å². The highest BCUT2D eigenvalue weighted by Gasteiger charge is 1.98. The summed E-state index contributed by atoms with van der Waals surface area (Å²) < 4.78 is 21.1. The van der Waals surface area contributed by atoms with Crippen molar-refractivity contribution in [3.63, 3.8) is 0 Å². The first-order valence-electron chi connectivity index (χ1n) is 4.56. The summed E-state index contributed by atoms with van der Waals surface area (Å²) in [4.78, 5) is 4.25. The fourth-order valence-electron chi connectivity index (χ4n) is 1.52. The van der Waals surface area contributed by atoms with Crippen LogP contribution in [0.4, 0.5) is 0 Å². The monoisotopic (exact) mass is 220 g/mol. The molecule has 0 amide bonds. The molecule has 0 aliphatic heterocycles. The van der Waals surface area contributed by atoms with Gasteiger partial charge < -0.3 is 4.55 Å². The van der Waals surface area contributed by atoms with Crippen molar-refractivity contribution in [2.45, 2.75) is 12.7 Å². The largest absolute Gasteiger partial charge is 0.772 e. The van der Waals surface area contributed by atoms with Crippen molar-refractivity contribution in [1.82, 2.24) is 4.98 Å². The van der Waals surface area contributed by atoms with Crippen molar-refractivity contribution >= 4 is 22.0 Å². The Kier molecular flexibility index (Phi) is 2.79. The Balaban J connectivity index is 2.49. The highest BCUT2D eigenvalue weighted by molar-refractivity contribution is 7.78. The molecule has 1 unspecified atom stereocenters. The fraction of sp³-hybridized carbons (Fsp3) is 0.182. The molecule has 0 N–H and O–H groups in total. The molecular formula is C11H10NO2S-. The van der Waals surface area contributed by atoms with Gasteiger partial charge in [0.15, 0.2) is 0 Å². The van der Waals surface area contributed by atoms with Gasteiger partial charge in [-0.2, -0.15) is 0 Å². The average Bonchev–Trinajstić information content (AvgIpc) is 2.16. The van der Waals surface area contributed by atoms with Crippen LogP contribution < -0.4 is 0 Å². The summed E-state index contributed by atoms with van der Waals surface area (Å²) >= 11 is -2.04. The molecule has 2 rings (SSSR count). The van der Waals surface area contributed by atoms with E-state index in [9.17, 15) is 8.76 Å². The van der Waals surface area contributed by atoms with E-state index in [1.165, 1.54) is 0 Å². The zero-order valence-electron chi connectivity index (χ0n) is 8.27. The summed E-state index contributed by atoms with van der Waals surface area (Å²) in [5, 5.41) is 0.984. The topological polar surface area (TPSA) is 53.0 Å². The maximum atomic E-state index is 10.6. The lowest BCUT2D eigenvalue weighted by Crippen LogP contribution is -1.93. The number of fused-ring (bicyclic) bond motifs is 1. The molecule has 4 heteroatoms. The summed E-state index contributed by atoms with van der Waals surface area (Å²) in [6.07, 6.45) is 1.80. The van der Waals surface area contributed by atoms with Crippen LogP contribution in [0.3, 0.4) is 0 Å². The average molecular weight is 220 g/mol. The smallest absolute Gasteiger partial charge is 0.0702 e. The van der Waals surface area contributed by atoms with E-state index < -0.39 is 11.1 Å². The van der Waals surface area contributed by atoms with Crippen LogP contribution in [-0.4, -0.2) is 13.7 Å². The van der Waals surface area contributed by atoms with Gasteiger partial charge in [0.05, 0.1) is 5.52 Å². The van der Waals surface area contributed by atoms with Crippen LogP contribution in [0.15, 0.2) is 30.5 Å². The molecule has 3 nitrogen and oxygen atoms in total. The number of nitrogens with zero attached hydrogens (tertiary/aromatic N) is 1. The molecule has 1 heterocycles. The van der Waals surface area contributed by atoms with Gasteiger partial charge in [-0.15, -0.1) is 0 Å². The van der Waals surface area contributed by atoms with Gasteiger partial charge >= 0.3 is 0 Å². The number of hydrogen-bond donors (Lipinski definition) is 0. The Morgan fingerprint density at radius 3 is 2.93 bits per heavy atom. The Morgan fingerprint density at radius 1 is 1.40 bits per heavy atom. The van der Waals surface area contributed by atoms with Gasteiger partial charge in [-0.25, -0.2) is 0 Å². The second kappa shape index (κ2) is 4.08. The zero-order valence-corrected chi connectivity index (χ0v) is 9.08. The maximum Gasteiger partial charge on any atom is 0.0702 e. The Labute approximate surface area is 90.4 Å². The van der Waals surface area contributed by atoms with Crippen molar-refractivity contribution in [3.8, 4) is 0 Å². The van der Waals surface area contributed by atoms with Crippen molar-refractivity contribution in [3.05, 3.63) is 41.6 Å². The summed E-state index contributed by atoms with van der Waals surface area (Å²) in [5.41, 5.74) is 2.76. The minimum atomic E-state index is -2.04. The van der Waals surface area contributed by atoms with Crippen LogP contribution in [-0.2, 0) is 16.8 Å². The van der Waals surface area contributed by atoms with Crippen LogP contribution in [0.1, 0.15) is 11.1 Å². The lowest BCUT2D eigenvalue weighted by molar-refractivity contribution is 0.536. The fourth-order valence-corrected chi connectivity index (χ4v) is 1.97. The Bertz CT molecular complexity index is 525. The molecule has 2 aromatic rings. The van der Waals surface area contributed by atoms with Crippen molar-refractivity contribution in [1.29, 1.82) is 0 Å². The predicted octanol–water partition coefficient (Wildman–Crippen LogP) is 1.92. The lowest BCUT2D eigenvalue weighted by atomic mass is 10.1. The van der Waals surface area contributed by atoms with Crippen LogP contribution in [0.2, 0.25) is 0 Å². The first kappa shape index (κ1) is 10.3. The van der Waals surface area contributed by atoms with E-state index in [2.05, 4.69) is 4.98 Å². The highest BCUT2D eigenvalue weighted by Crippen LogP contribution is 2.15. The van der Waals surface area contributed by atoms with E-state index in [1.54, 1.807) is 12.3 Å². The molecular weight excluding hydrogens is 210 g/mol. The van der Waals surface area contributed by atoms with Crippen LogP contribution in [0.25, 0.3) is 10.9 Å². The van der Waals surface area contributed by atoms with Crippen molar-refractivity contribution in [2.24, 2.45) is 0 Å². The summed E-state index contributed by atoms with van der Waals surface area (Å²) in [7, 11) is 0. The SMILES string of the molecule is Cc1cnc2ccc(CS(=O)[O-])cc2c1. The van der Waals surface area contributed by atoms with Gasteiger partial charge in [-0.1, -0.05) is 17.1 Å². The molecule has 15 heavy (non-hydrogen) atoms. The molecule has 1 aromatic heterocycles. The van der Waals surface area contributed by atoms with E-state index in [0.717, 1.165) is 22.0 Å². The number of pyridine rings is 1. The molecule has 1 aromatic carbocycles. The summed E-state index contributed by atoms with van der Waals surface area (Å²) in [6.45, 7) is 1.96. The van der Waals surface area contributed by atoms with Crippen LogP contribution >= 0.6 is 0 Å². The van der Waals surface area contributed by atoms with E-state index in [0.29, 0.717) is 0 Å². The van der Waals surface area contributed by atoms with Crippen LogP contribution in [0, 0.1) is 6.92 Å². The molecule has 78 valence electrons. The van der Waals surface area contributed by atoms with Gasteiger partial charge in [-0.3, -0.25) is 9.19 Å². The Morgan fingerprint density at radius 2 is 2.20 bits per heavy atom. The second-order valence-corrected chi connectivity index (χ2v) is 4.38. The minimum absolute atomic E-state index is 0.0594. The molecule has 1 atom stereocenters. The lowest BCUT2D eigenvalue weighted by Gasteiger charge is -2.06. The molecule has 0 aliphatic rings. The van der Waals surface area contributed by atoms with Crippen molar-refractivity contribution in [2.75, 3.05) is 0 Å². The normalized spacial score (nSPS) is 12.9. The van der Waals surface area contributed by atoms with Crippen molar-refractivity contribution < 1.29 is 8.76 Å². The third-order valence-electron chi connectivity index (χ3n) is 2.17. The Hall–Kier alpha value is -1.26. The standard InChI is InChI=1S/C11H11NO2S/c1-8-4-10-5-9(7-15(13)14)2-3-11(10)12-6-8/h2-6H,7H2,1H3,(H,13,14)/p-1. The third kappa shape index (κ3) is 2.40. The molecule has 0 aliphatic carbocycles. The van der Waals surface area contributed by atoms with Gasteiger partial charge in [0.25, 0.3) is 0 Å². The molecule has 0 fully saturated rings. The molecule has 0 saturated carbocycles. The highest BCUT2D eigenvalue weighted by atomic mass is 32.2. The number of hydrogen-bond acceptors (Lipinski definition) is 3. The summed E-state index contributed by atoms with van der Waals surface area (Å²) in [5.74, 6) is 0.0594. The molecule has 0 radical (unpaired) electrons. The molecule has 0 spiro atoms. The van der Waals surface area contributed by atoms with Gasteiger partial charge in [0.2, 0.25) is 0 Å². The first-order chi connectivity index (χ1) is 7.15. The third-order valence-corrected chi connectivity index (χ3v) is 2.74. The van der Waals surface area contributed by atoms with Gasteiger partial charge in [0.1, 0.15) is 0 Å². The van der Waals surface area contributed by atoms with Crippen LogP contribution in [0.5, 0.6) is 0 Å². The second-order valence-electron chi connectivity index (χ2n) is 3.49. The van der Waals surface area contributed by atoms with E-state index in [4.69, 9.17) is 0 Å². The molecule has 0 saturated heterocycles. The number of aromatic nitrogens is 1. The number of benzene rings is 1. The first-order valence-corrected chi connectivity index (χ1v) is 5.81. The van der Waals surface area contributed by atoms with Gasteiger partial charge in [0, 0.05) is 17.3 Å². The van der Waals surface area contributed by atoms with Gasteiger partial charge in [-0.05, 0) is 36.2 Å². The molecule has 0 bridgehead atoms. The maximum absolute atomic E-state index is 10.6. The zero-order chi connectivity index (χ0) is 10.8. The van der Waals surface area contributed by atoms with E-state index >= 15 is 0 Å². The number of aryl methyl sites for hydroxylation is 1. The predicted molar refractivity (Wildman–Crippen MR) is 59.1 cm³/mol. The quantitative estimate of drug-likeness (QED) is 0.726. The summed E-state index contributed by atoms with van der Waals surface area (Å²) in [6, 6.07) is 7.50.